The van der Waals surface area contributed by atoms with Crippen molar-refractivity contribution >= 4 is 0 Å². The van der Waals surface area contributed by atoms with Gasteiger partial charge in [-0.15, -0.1) is 0 Å². The normalized spacial score (nSPS) is 44.4. The Labute approximate surface area is 71.5 Å². The molecule has 0 N–H and O–H groups in total. The van der Waals surface area contributed by atoms with E-state index in [0.717, 1.165) is 18.9 Å². The molecule has 0 bridgehead atoms. The van der Waals surface area contributed by atoms with Gasteiger partial charge in [0.15, 0.2) is 0 Å². The predicted molar refractivity (Wildman–Crippen MR) is 44.6 cm³/mol. The van der Waals surface area contributed by atoms with E-state index >= 15 is 0 Å². The van der Waals surface area contributed by atoms with Crippen molar-refractivity contribution in [3.05, 3.63) is 10.4 Å². The Kier molecular flexibility index (Phi) is 1.74. The van der Waals surface area contributed by atoms with Crippen LogP contribution in [0.15, 0.2) is 5.11 Å². The largest absolute Gasteiger partial charge is 0.377 e. The molecule has 4 nitrogen and oxygen atoms in total. The van der Waals surface area contributed by atoms with Crippen LogP contribution in [0.1, 0.15) is 19.8 Å². The maximum Gasteiger partial charge on any atom is 0.0637 e. The van der Waals surface area contributed by atoms with Crippen LogP contribution in [0.4, 0.5) is 0 Å². The monoisotopic (exact) mass is 167 g/mol. The molecule has 0 amide bonds. The van der Waals surface area contributed by atoms with Crippen molar-refractivity contribution in [1.29, 1.82) is 0 Å². The number of nitrogens with zero attached hydrogens (tertiary/aromatic N) is 3. The SMILES string of the molecule is C[C@@H]1C[C@@]12CO[C@H](CN=[N+]=[N-])C2. The summed E-state index contributed by atoms with van der Waals surface area (Å²) in [6, 6.07) is 0. The zero-order valence-corrected chi connectivity index (χ0v) is 7.23. The average molecular weight is 167 g/mol. The molecule has 0 aromatic heterocycles. The third-order valence-corrected chi connectivity index (χ3v) is 3.19. The highest BCUT2D eigenvalue weighted by Crippen LogP contribution is 2.58. The Hall–Kier alpha value is -0.730. The molecule has 1 saturated carbocycles. The lowest BCUT2D eigenvalue weighted by Crippen LogP contribution is -2.08. The summed E-state index contributed by atoms with van der Waals surface area (Å²) in [7, 11) is 0. The summed E-state index contributed by atoms with van der Waals surface area (Å²) in [5, 5.41) is 3.53. The molecule has 0 aromatic carbocycles. The number of rotatable bonds is 2. The molecular formula is C8H13N3O. The van der Waals surface area contributed by atoms with Crippen molar-refractivity contribution in [3.63, 3.8) is 0 Å². The lowest BCUT2D eigenvalue weighted by atomic mass is 10.0. The van der Waals surface area contributed by atoms with Crippen molar-refractivity contribution in [2.45, 2.75) is 25.9 Å². The second-order valence-corrected chi connectivity index (χ2v) is 4.02. The fourth-order valence-electron chi connectivity index (χ4n) is 2.14. The lowest BCUT2D eigenvalue weighted by molar-refractivity contribution is 0.110. The second kappa shape index (κ2) is 2.64. The molecule has 1 saturated heterocycles. The maximum absolute atomic E-state index is 8.13. The summed E-state index contributed by atoms with van der Waals surface area (Å²) in [6.07, 6.45) is 2.57. The minimum absolute atomic E-state index is 0.186. The Balaban J connectivity index is 1.87. The van der Waals surface area contributed by atoms with Crippen molar-refractivity contribution in [2.75, 3.05) is 13.2 Å². The second-order valence-electron chi connectivity index (χ2n) is 4.02. The molecule has 2 rings (SSSR count). The van der Waals surface area contributed by atoms with Gasteiger partial charge < -0.3 is 4.74 Å². The van der Waals surface area contributed by atoms with Gasteiger partial charge in [-0.3, -0.25) is 0 Å². The van der Waals surface area contributed by atoms with Crippen LogP contribution in [-0.2, 0) is 4.74 Å². The van der Waals surface area contributed by atoms with Gasteiger partial charge in [0.25, 0.3) is 0 Å². The molecule has 1 spiro atoms. The Morgan fingerprint density at radius 3 is 2.92 bits per heavy atom. The fourth-order valence-corrected chi connectivity index (χ4v) is 2.14. The van der Waals surface area contributed by atoms with Gasteiger partial charge in [0, 0.05) is 4.91 Å². The molecule has 3 atom stereocenters. The smallest absolute Gasteiger partial charge is 0.0637 e. The molecule has 0 unspecified atom stereocenters. The summed E-state index contributed by atoms with van der Waals surface area (Å²) >= 11 is 0. The maximum atomic E-state index is 8.13. The van der Waals surface area contributed by atoms with E-state index in [4.69, 9.17) is 10.3 Å². The van der Waals surface area contributed by atoms with E-state index in [1.165, 1.54) is 6.42 Å². The third kappa shape index (κ3) is 1.17. The van der Waals surface area contributed by atoms with E-state index in [2.05, 4.69) is 16.9 Å². The van der Waals surface area contributed by atoms with Gasteiger partial charge in [-0.25, -0.2) is 0 Å². The van der Waals surface area contributed by atoms with Crippen molar-refractivity contribution in [2.24, 2.45) is 16.4 Å². The molecule has 0 aromatic rings. The minimum Gasteiger partial charge on any atom is -0.377 e. The van der Waals surface area contributed by atoms with Gasteiger partial charge in [0.2, 0.25) is 0 Å². The third-order valence-electron chi connectivity index (χ3n) is 3.19. The highest BCUT2D eigenvalue weighted by atomic mass is 16.5. The van der Waals surface area contributed by atoms with Gasteiger partial charge in [0.05, 0.1) is 19.3 Å². The summed E-state index contributed by atoms with van der Waals surface area (Å²) in [5.41, 5.74) is 8.59. The number of ether oxygens (including phenoxy) is 1. The van der Waals surface area contributed by atoms with Crippen molar-refractivity contribution in [1.82, 2.24) is 0 Å². The van der Waals surface area contributed by atoms with Gasteiger partial charge >= 0.3 is 0 Å². The zero-order valence-electron chi connectivity index (χ0n) is 7.23. The first-order chi connectivity index (χ1) is 5.77. The quantitative estimate of drug-likeness (QED) is 0.353. The van der Waals surface area contributed by atoms with Gasteiger partial charge in [-0.2, -0.15) is 0 Å². The molecule has 1 aliphatic heterocycles. The first-order valence-corrected chi connectivity index (χ1v) is 4.39. The van der Waals surface area contributed by atoms with E-state index in [1.807, 2.05) is 0 Å². The first kappa shape index (κ1) is 7.90. The van der Waals surface area contributed by atoms with Crippen LogP contribution in [0.3, 0.4) is 0 Å². The lowest BCUT2D eigenvalue weighted by Gasteiger charge is -2.03. The number of azide groups is 1. The molecule has 12 heavy (non-hydrogen) atoms. The number of hydrogen-bond donors (Lipinski definition) is 0. The van der Waals surface area contributed by atoms with Crippen LogP contribution in [0.25, 0.3) is 10.4 Å². The summed E-state index contributed by atoms with van der Waals surface area (Å²) < 4.78 is 5.54. The highest BCUT2D eigenvalue weighted by molar-refractivity contribution is 5.04. The van der Waals surface area contributed by atoms with Crippen LogP contribution in [0, 0.1) is 11.3 Å². The molecule has 2 aliphatic rings. The first-order valence-electron chi connectivity index (χ1n) is 4.39. The van der Waals surface area contributed by atoms with Gasteiger partial charge in [0.1, 0.15) is 0 Å². The predicted octanol–water partition coefficient (Wildman–Crippen LogP) is 2.11. The Morgan fingerprint density at radius 1 is 1.67 bits per heavy atom. The molecule has 66 valence electrons. The number of hydrogen-bond acceptors (Lipinski definition) is 2. The van der Waals surface area contributed by atoms with Crippen LogP contribution in [-0.4, -0.2) is 19.3 Å². The van der Waals surface area contributed by atoms with E-state index < -0.39 is 0 Å². The Morgan fingerprint density at radius 2 is 2.42 bits per heavy atom. The average Bonchev–Trinajstić information content (AvgIpc) is 2.50. The zero-order chi connectivity index (χ0) is 8.60. The molecule has 1 heterocycles. The fraction of sp³-hybridized carbons (Fsp3) is 1.00. The van der Waals surface area contributed by atoms with Crippen LogP contribution < -0.4 is 0 Å². The van der Waals surface area contributed by atoms with Crippen LogP contribution in [0.2, 0.25) is 0 Å². The molecule has 4 heteroatoms. The highest BCUT2D eigenvalue weighted by Gasteiger charge is 2.55. The standard InChI is InChI=1S/C8H13N3O/c1-6-2-8(6)3-7(12-5-8)4-10-11-9/h6-7H,2-5H2,1H3/t6-,7+,8-/m1/s1. The van der Waals surface area contributed by atoms with E-state index in [0.29, 0.717) is 12.0 Å². The molecule has 0 radical (unpaired) electrons. The summed E-state index contributed by atoms with van der Waals surface area (Å²) in [4.78, 5) is 2.73. The molecule has 2 fully saturated rings. The van der Waals surface area contributed by atoms with E-state index in [1.54, 1.807) is 0 Å². The van der Waals surface area contributed by atoms with Crippen molar-refractivity contribution in [3.8, 4) is 0 Å². The van der Waals surface area contributed by atoms with Crippen molar-refractivity contribution < 1.29 is 4.74 Å². The van der Waals surface area contributed by atoms with Crippen LogP contribution in [0.5, 0.6) is 0 Å². The van der Waals surface area contributed by atoms with E-state index in [-0.39, 0.29) is 6.10 Å². The van der Waals surface area contributed by atoms with Gasteiger partial charge in [-0.1, -0.05) is 12.0 Å². The minimum atomic E-state index is 0.186. The summed E-state index contributed by atoms with van der Waals surface area (Å²) in [6.45, 7) is 3.64. The van der Waals surface area contributed by atoms with Gasteiger partial charge in [-0.05, 0) is 29.7 Å². The summed E-state index contributed by atoms with van der Waals surface area (Å²) in [5.74, 6) is 0.813. The topological polar surface area (TPSA) is 58.0 Å². The van der Waals surface area contributed by atoms with Crippen LogP contribution >= 0.6 is 0 Å². The van der Waals surface area contributed by atoms with E-state index in [9.17, 15) is 0 Å². The molecular weight excluding hydrogens is 154 g/mol. The Bertz CT molecular complexity index is 236. The molecule has 1 aliphatic carbocycles.